The Bertz CT molecular complexity index is 415. The Hall–Kier alpha value is -1.20. The number of anilines is 1. The number of hydrogen-bond donors (Lipinski definition) is 0. The molecular weight excluding hydrogens is 232 g/mol. The van der Waals surface area contributed by atoms with E-state index in [1.54, 1.807) is 6.07 Å². The van der Waals surface area contributed by atoms with Crippen LogP contribution in [-0.4, -0.2) is 13.1 Å². The van der Waals surface area contributed by atoms with Gasteiger partial charge in [0.15, 0.2) is 0 Å². The van der Waals surface area contributed by atoms with Crippen molar-refractivity contribution in [1.82, 2.24) is 0 Å². The molecule has 0 spiro atoms. The Kier molecular flexibility index (Phi) is 4.28. The summed E-state index contributed by atoms with van der Waals surface area (Å²) in [6.07, 6.45) is 6.33. The summed E-state index contributed by atoms with van der Waals surface area (Å²) in [5.41, 5.74) is 1.62. The lowest BCUT2D eigenvalue weighted by molar-refractivity contribution is 0.556. The topological polar surface area (TPSA) is 27.0 Å². The third-order valence-corrected chi connectivity index (χ3v) is 3.62. The Balaban J connectivity index is 2.25. The van der Waals surface area contributed by atoms with E-state index in [0.29, 0.717) is 10.6 Å². The van der Waals surface area contributed by atoms with E-state index in [0.717, 1.165) is 18.8 Å². The standard InChI is InChI=1S/C14H17ClN2/c15-13-7-6-8-14(12(13)11-16)17-9-4-2-1-3-5-10-17/h6-8H,1-5,9-10H2. The average Bonchev–Trinajstić information content (AvgIpc) is 2.28. The summed E-state index contributed by atoms with van der Waals surface area (Å²) in [5, 5.41) is 9.76. The highest BCUT2D eigenvalue weighted by Gasteiger charge is 2.14. The van der Waals surface area contributed by atoms with Crippen molar-refractivity contribution in [2.75, 3.05) is 18.0 Å². The zero-order valence-corrected chi connectivity index (χ0v) is 10.7. The fraction of sp³-hybridized carbons (Fsp3) is 0.500. The summed E-state index contributed by atoms with van der Waals surface area (Å²) in [5.74, 6) is 0. The van der Waals surface area contributed by atoms with E-state index in [1.165, 1.54) is 32.1 Å². The van der Waals surface area contributed by atoms with Gasteiger partial charge in [-0.2, -0.15) is 5.26 Å². The van der Waals surface area contributed by atoms with E-state index in [2.05, 4.69) is 11.0 Å². The Morgan fingerprint density at radius 2 is 1.71 bits per heavy atom. The summed E-state index contributed by atoms with van der Waals surface area (Å²) in [6, 6.07) is 7.94. The van der Waals surface area contributed by atoms with Crippen LogP contribution in [0.4, 0.5) is 5.69 Å². The van der Waals surface area contributed by atoms with Crippen LogP contribution in [0.2, 0.25) is 5.02 Å². The number of benzene rings is 1. The largest absolute Gasteiger partial charge is 0.370 e. The van der Waals surface area contributed by atoms with Crippen molar-refractivity contribution in [3.63, 3.8) is 0 Å². The van der Waals surface area contributed by atoms with Gasteiger partial charge in [-0.05, 0) is 25.0 Å². The highest BCUT2D eigenvalue weighted by atomic mass is 35.5. The third kappa shape index (κ3) is 2.92. The van der Waals surface area contributed by atoms with Gasteiger partial charge in [0.05, 0.1) is 16.3 Å². The maximum Gasteiger partial charge on any atom is 0.103 e. The van der Waals surface area contributed by atoms with E-state index in [4.69, 9.17) is 11.6 Å². The molecular formula is C14H17ClN2. The normalized spacial score (nSPS) is 17.1. The van der Waals surface area contributed by atoms with Crippen LogP contribution < -0.4 is 4.90 Å². The molecule has 0 saturated carbocycles. The van der Waals surface area contributed by atoms with Gasteiger partial charge in [-0.15, -0.1) is 0 Å². The van der Waals surface area contributed by atoms with Gasteiger partial charge >= 0.3 is 0 Å². The molecule has 0 aliphatic carbocycles. The Morgan fingerprint density at radius 1 is 1.06 bits per heavy atom. The fourth-order valence-corrected chi connectivity index (χ4v) is 2.59. The number of halogens is 1. The molecule has 1 aromatic rings. The fourth-order valence-electron chi connectivity index (χ4n) is 2.38. The molecule has 90 valence electrons. The first kappa shape index (κ1) is 12.3. The second-order valence-corrected chi connectivity index (χ2v) is 4.91. The van der Waals surface area contributed by atoms with Crippen LogP contribution in [0.5, 0.6) is 0 Å². The second kappa shape index (κ2) is 5.93. The second-order valence-electron chi connectivity index (χ2n) is 4.50. The van der Waals surface area contributed by atoms with E-state index in [1.807, 2.05) is 12.1 Å². The Labute approximate surface area is 108 Å². The first-order valence-corrected chi connectivity index (χ1v) is 6.64. The number of nitrogens with zero attached hydrogens (tertiary/aromatic N) is 2. The van der Waals surface area contributed by atoms with Gasteiger partial charge in [-0.25, -0.2) is 0 Å². The molecule has 0 N–H and O–H groups in total. The van der Waals surface area contributed by atoms with Gasteiger partial charge in [-0.1, -0.05) is 36.9 Å². The van der Waals surface area contributed by atoms with Gasteiger partial charge in [0, 0.05) is 13.1 Å². The van der Waals surface area contributed by atoms with E-state index >= 15 is 0 Å². The highest BCUT2D eigenvalue weighted by molar-refractivity contribution is 6.32. The first-order chi connectivity index (χ1) is 8.33. The van der Waals surface area contributed by atoms with E-state index in [-0.39, 0.29) is 0 Å². The molecule has 1 heterocycles. The molecule has 1 fully saturated rings. The number of nitriles is 1. The summed E-state index contributed by atoms with van der Waals surface area (Å²) in [7, 11) is 0. The van der Waals surface area contributed by atoms with Gasteiger partial charge < -0.3 is 4.90 Å². The van der Waals surface area contributed by atoms with Crippen LogP contribution in [0.3, 0.4) is 0 Å². The summed E-state index contributed by atoms with van der Waals surface area (Å²) < 4.78 is 0. The number of rotatable bonds is 1. The Morgan fingerprint density at radius 3 is 2.35 bits per heavy atom. The lowest BCUT2D eigenvalue weighted by Crippen LogP contribution is -2.27. The zero-order valence-electron chi connectivity index (χ0n) is 9.95. The van der Waals surface area contributed by atoms with Crippen molar-refractivity contribution < 1.29 is 0 Å². The molecule has 0 radical (unpaired) electrons. The van der Waals surface area contributed by atoms with Crippen LogP contribution in [-0.2, 0) is 0 Å². The predicted molar refractivity (Wildman–Crippen MR) is 71.5 cm³/mol. The molecule has 1 aromatic carbocycles. The molecule has 2 rings (SSSR count). The summed E-state index contributed by atoms with van der Waals surface area (Å²) >= 11 is 6.07. The molecule has 1 aliphatic rings. The molecule has 0 aromatic heterocycles. The molecule has 0 atom stereocenters. The summed E-state index contributed by atoms with van der Waals surface area (Å²) in [6.45, 7) is 2.07. The first-order valence-electron chi connectivity index (χ1n) is 6.26. The van der Waals surface area contributed by atoms with Gasteiger partial charge in [-0.3, -0.25) is 0 Å². The van der Waals surface area contributed by atoms with Crippen molar-refractivity contribution >= 4 is 17.3 Å². The van der Waals surface area contributed by atoms with Gasteiger partial charge in [0.25, 0.3) is 0 Å². The van der Waals surface area contributed by atoms with E-state index in [9.17, 15) is 5.26 Å². The predicted octanol–water partition coefficient (Wildman–Crippen LogP) is 3.98. The van der Waals surface area contributed by atoms with E-state index < -0.39 is 0 Å². The van der Waals surface area contributed by atoms with Gasteiger partial charge in [0.1, 0.15) is 6.07 Å². The SMILES string of the molecule is N#Cc1c(Cl)cccc1N1CCCCCCC1. The minimum absolute atomic E-state index is 0.562. The van der Waals surface area contributed by atoms with Crippen LogP contribution >= 0.6 is 11.6 Å². The monoisotopic (exact) mass is 248 g/mol. The van der Waals surface area contributed by atoms with Crippen LogP contribution in [0.25, 0.3) is 0 Å². The maximum absolute atomic E-state index is 9.19. The van der Waals surface area contributed by atoms with Crippen LogP contribution in [0.15, 0.2) is 18.2 Å². The summed E-state index contributed by atoms with van der Waals surface area (Å²) in [4.78, 5) is 2.31. The van der Waals surface area contributed by atoms with Gasteiger partial charge in [0.2, 0.25) is 0 Å². The average molecular weight is 249 g/mol. The molecule has 3 heteroatoms. The number of hydrogen-bond acceptors (Lipinski definition) is 2. The molecule has 2 nitrogen and oxygen atoms in total. The van der Waals surface area contributed by atoms with Crippen molar-refractivity contribution in [3.8, 4) is 6.07 Å². The molecule has 17 heavy (non-hydrogen) atoms. The lowest BCUT2D eigenvalue weighted by atomic mass is 10.1. The molecule has 1 saturated heterocycles. The van der Waals surface area contributed by atoms with Crippen molar-refractivity contribution in [2.24, 2.45) is 0 Å². The highest BCUT2D eigenvalue weighted by Crippen LogP contribution is 2.28. The minimum Gasteiger partial charge on any atom is -0.370 e. The third-order valence-electron chi connectivity index (χ3n) is 3.30. The minimum atomic E-state index is 0.562. The van der Waals surface area contributed by atoms with Crippen molar-refractivity contribution in [1.29, 1.82) is 5.26 Å². The molecule has 0 unspecified atom stereocenters. The van der Waals surface area contributed by atoms with Crippen molar-refractivity contribution in [3.05, 3.63) is 28.8 Å². The smallest absolute Gasteiger partial charge is 0.103 e. The molecule has 1 aliphatic heterocycles. The van der Waals surface area contributed by atoms with Crippen molar-refractivity contribution in [2.45, 2.75) is 32.1 Å². The maximum atomic E-state index is 9.19. The molecule has 0 bridgehead atoms. The van der Waals surface area contributed by atoms with Crippen LogP contribution in [0.1, 0.15) is 37.7 Å². The lowest BCUT2D eigenvalue weighted by Gasteiger charge is -2.27. The quantitative estimate of drug-likeness (QED) is 0.752. The zero-order chi connectivity index (χ0) is 12.1. The molecule has 0 amide bonds. The van der Waals surface area contributed by atoms with Crippen LogP contribution in [0, 0.1) is 11.3 Å².